The van der Waals surface area contributed by atoms with Gasteiger partial charge in [-0.2, -0.15) is 11.3 Å². The van der Waals surface area contributed by atoms with Crippen molar-refractivity contribution >= 4 is 17.2 Å². The first-order valence-electron chi connectivity index (χ1n) is 9.20. The standard InChI is InChI=1S/C21H21N3O2S/c1-15-3-2-4-16(9-15)20(25)23-7-6-21(13-23)14-24-18(17-5-8-27-12-17)10-22-19(24)11-26-21/h2-5,8-10,12H,6-7,11,13-14H2,1H3. The Bertz CT molecular complexity index is 995. The Morgan fingerprint density at radius 3 is 3.04 bits per heavy atom. The van der Waals surface area contributed by atoms with Crippen LogP contribution in [0.1, 0.15) is 28.2 Å². The van der Waals surface area contributed by atoms with Gasteiger partial charge in [0.2, 0.25) is 0 Å². The second-order valence-electron chi connectivity index (χ2n) is 7.48. The predicted octanol–water partition coefficient (Wildman–Crippen LogP) is 3.74. The molecule has 0 aliphatic carbocycles. The van der Waals surface area contributed by atoms with E-state index >= 15 is 0 Å². The van der Waals surface area contributed by atoms with Crippen molar-refractivity contribution in [3.63, 3.8) is 0 Å². The van der Waals surface area contributed by atoms with Gasteiger partial charge in [-0.25, -0.2) is 4.98 Å². The summed E-state index contributed by atoms with van der Waals surface area (Å²) in [7, 11) is 0. The van der Waals surface area contributed by atoms with Gasteiger partial charge in [-0.15, -0.1) is 0 Å². The number of aromatic nitrogens is 2. The van der Waals surface area contributed by atoms with Crippen LogP contribution in [0, 0.1) is 6.92 Å². The molecule has 3 aromatic rings. The van der Waals surface area contributed by atoms with E-state index in [1.165, 1.54) is 5.56 Å². The Hall–Kier alpha value is -2.44. The molecule has 0 bridgehead atoms. The Balaban J connectivity index is 1.39. The van der Waals surface area contributed by atoms with Crippen molar-refractivity contribution in [1.82, 2.24) is 14.5 Å². The van der Waals surface area contributed by atoms with Gasteiger partial charge in [-0.05, 0) is 36.9 Å². The second-order valence-corrected chi connectivity index (χ2v) is 8.26. The van der Waals surface area contributed by atoms with Gasteiger partial charge in [0.05, 0.1) is 25.0 Å². The predicted molar refractivity (Wildman–Crippen MR) is 105 cm³/mol. The number of thiophene rings is 1. The zero-order valence-corrected chi connectivity index (χ0v) is 16.0. The van der Waals surface area contributed by atoms with Crippen molar-refractivity contribution in [2.75, 3.05) is 13.1 Å². The highest BCUT2D eigenvalue weighted by Crippen LogP contribution is 2.36. The van der Waals surface area contributed by atoms with Crippen molar-refractivity contribution < 1.29 is 9.53 Å². The number of fused-ring (bicyclic) bond motifs is 1. The molecule has 2 aliphatic rings. The van der Waals surface area contributed by atoms with Crippen molar-refractivity contribution in [1.29, 1.82) is 0 Å². The van der Waals surface area contributed by atoms with Gasteiger partial charge < -0.3 is 14.2 Å². The van der Waals surface area contributed by atoms with E-state index in [0.29, 0.717) is 13.2 Å². The zero-order valence-electron chi connectivity index (χ0n) is 15.2. The van der Waals surface area contributed by atoms with Crippen molar-refractivity contribution in [2.24, 2.45) is 0 Å². The third kappa shape index (κ3) is 2.89. The molecule has 1 fully saturated rings. The van der Waals surface area contributed by atoms with Crippen LogP contribution < -0.4 is 0 Å². The van der Waals surface area contributed by atoms with Gasteiger partial charge in [0, 0.05) is 23.1 Å². The maximum absolute atomic E-state index is 12.9. The van der Waals surface area contributed by atoms with Gasteiger partial charge >= 0.3 is 0 Å². The molecule has 5 rings (SSSR count). The van der Waals surface area contributed by atoms with Crippen molar-refractivity contribution in [3.8, 4) is 11.3 Å². The summed E-state index contributed by atoms with van der Waals surface area (Å²) in [6.07, 6.45) is 2.79. The summed E-state index contributed by atoms with van der Waals surface area (Å²) in [6, 6.07) is 9.93. The first-order valence-corrected chi connectivity index (χ1v) is 10.1. The molecule has 5 nitrogen and oxygen atoms in total. The average Bonchev–Trinajstić information content (AvgIpc) is 3.41. The van der Waals surface area contributed by atoms with Gasteiger partial charge in [-0.1, -0.05) is 17.7 Å². The Labute approximate surface area is 162 Å². The van der Waals surface area contributed by atoms with E-state index < -0.39 is 0 Å². The van der Waals surface area contributed by atoms with Crippen LogP contribution in [0.3, 0.4) is 0 Å². The lowest BCUT2D eigenvalue weighted by atomic mass is 10.0. The third-order valence-electron chi connectivity index (χ3n) is 5.58. The number of nitrogens with zero attached hydrogens (tertiary/aromatic N) is 3. The molecule has 0 N–H and O–H groups in total. The van der Waals surface area contributed by atoms with Crippen LogP contribution in [0.25, 0.3) is 11.3 Å². The van der Waals surface area contributed by atoms with Crippen LogP contribution >= 0.6 is 11.3 Å². The summed E-state index contributed by atoms with van der Waals surface area (Å²) in [5, 5.41) is 4.23. The number of ether oxygens (including phenoxy) is 1. The minimum atomic E-state index is -0.321. The maximum Gasteiger partial charge on any atom is 0.253 e. The van der Waals surface area contributed by atoms with Crippen molar-refractivity contribution in [2.45, 2.75) is 32.1 Å². The van der Waals surface area contributed by atoms with E-state index in [-0.39, 0.29) is 11.5 Å². The number of hydrogen-bond acceptors (Lipinski definition) is 4. The number of amides is 1. The van der Waals surface area contributed by atoms with Crippen LogP contribution in [0.5, 0.6) is 0 Å². The summed E-state index contributed by atoms with van der Waals surface area (Å²) < 4.78 is 8.52. The van der Waals surface area contributed by atoms with Crippen LogP contribution in [0.15, 0.2) is 47.3 Å². The fourth-order valence-electron chi connectivity index (χ4n) is 4.12. The topological polar surface area (TPSA) is 47.4 Å². The molecule has 1 unspecified atom stereocenters. The summed E-state index contributed by atoms with van der Waals surface area (Å²) in [6.45, 7) is 4.60. The van der Waals surface area contributed by atoms with E-state index in [4.69, 9.17) is 4.74 Å². The normalized spacial score (nSPS) is 21.6. The quantitative estimate of drug-likeness (QED) is 0.682. The summed E-state index contributed by atoms with van der Waals surface area (Å²) >= 11 is 1.69. The largest absolute Gasteiger partial charge is 0.363 e. The minimum absolute atomic E-state index is 0.0914. The van der Waals surface area contributed by atoms with E-state index in [9.17, 15) is 4.79 Å². The molecule has 0 saturated carbocycles. The number of imidazole rings is 1. The molecule has 1 spiro atoms. The maximum atomic E-state index is 12.9. The first-order chi connectivity index (χ1) is 13.1. The Kier molecular flexibility index (Phi) is 3.91. The lowest BCUT2D eigenvalue weighted by molar-refractivity contribution is -0.0804. The number of carbonyl (C=O) groups excluding carboxylic acids is 1. The molecular weight excluding hydrogens is 358 g/mol. The molecule has 0 radical (unpaired) electrons. The van der Waals surface area contributed by atoms with Gasteiger partial charge in [-0.3, -0.25) is 4.79 Å². The van der Waals surface area contributed by atoms with Crippen LogP contribution in [-0.4, -0.2) is 39.0 Å². The number of rotatable bonds is 2. The molecule has 1 aromatic carbocycles. The lowest BCUT2D eigenvalue weighted by Gasteiger charge is -2.35. The van der Waals surface area contributed by atoms with E-state index in [1.54, 1.807) is 11.3 Å². The van der Waals surface area contributed by atoms with Gasteiger partial charge in [0.1, 0.15) is 18.0 Å². The van der Waals surface area contributed by atoms with Crippen LogP contribution in [0.2, 0.25) is 0 Å². The highest BCUT2D eigenvalue weighted by atomic mass is 32.1. The van der Waals surface area contributed by atoms with Crippen LogP contribution in [0.4, 0.5) is 0 Å². The number of hydrogen-bond donors (Lipinski definition) is 0. The van der Waals surface area contributed by atoms with E-state index in [1.807, 2.05) is 42.3 Å². The van der Waals surface area contributed by atoms with Gasteiger partial charge in [0.25, 0.3) is 5.91 Å². The van der Waals surface area contributed by atoms with E-state index in [2.05, 4.69) is 26.4 Å². The zero-order chi connectivity index (χ0) is 18.4. The molecule has 2 aromatic heterocycles. The molecule has 2 aliphatic heterocycles. The average molecular weight is 379 g/mol. The highest BCUT2D eigenvalue weighted by Gasteiger charge is 2.44. The van der Waals surface area contributed by atoms with Crippen molar-refractivity contribution in [3.05, 3.63) is 64.2 Å². The highest BCUT2D eigenvalue weighted by molar-refractivity contribution is 7.08. The van der Waals surface area contributed by atoms with E-state index in [0.717, 1.165) is 42.2 Å². The summed E-state index contributed by atoms with van der Waals surface area (Å²) in [5.74, 6) is 1.05. The monoisotopic (exact) mass is 379 g/mol. The number of aryl methyl sites for hydroxylation is 1. The lowest BCUT2D eigenvalue weighted by Crippen LogP contribution is -2.45. The molecule has 138 valence electrons. The number of likely N-dealkylation sites (tertiary alicyclic amines) is 1. The minimum Gasteiger partial charge on any atom is -0.363 e. The molecule has 1 amide bonds. The second kappa shape index (κ2) is 6.32. The summed E-state index contributed by atoms with van der Waals surface area (Å²) in [4.78, 5) is 19.4. The Morgan fingerprint density at radius 2 is 2.22 bits per heavy atom. The number of carbonyl (C=O) groups is 1. The van der Waals surface area contributed by atoms with Crippen LogP contribution in [-0.2, 0) is 17.9 Å². The molecule has 27 heavy (non-hydrogen) atoms. The molecule has 1 atom stereocenters. The smallest absolute Gasteiger partial charge is 0.253 e. The molecular formula is C21H21N3O2S. The molecule has 6 heteroatoms. The molecule has 4 heterocycles. The molecule has 1 saturated heterocycles. The SMILES string of the molecule is Cc1cccc(C(=O)N2CCC3(C2)Cn2c(-c4ccsc4)cnc2CO3)c1. The van der Waals surface area contributed by atoms with Gasteiger partial charge in [0.15, 0.2) is 0 Å². The fraction of sp³-hybridized carbons (Fsp3) is 0.333. The first kappa shape index (κ1) is 16.7. The third-order valence-corrected chi connectivity index (χ3v) is 6.26. The Morgan fingerprint density at radius 1 is 1.30 bits per heavy atom. The fourth-order valence-corrected chi connectivity index (χ4v) is 4.77. The summed E-state index contributed by atoms with van der Waals surface area (Å²) in [5.41, 5.74) is 3.87. The number of benzene rings is 1.